The summed E-state index contributed by atoms with van der Waals surface area (Å²) >= 11 is 0. The Hall–Kier alpha value is -1.68. The second kappa shape index (κ2) is 7.20. The first-order valence-corrected chi connectivity index (χ1v) is 7.29. The Morgan fingerprint density at radius 1 is 1.35 bits per heavy atom. The monoisotopic (exact) mass is 274 g/mol. The summed E-state index contributed by atoms with van der Waals surface area (Å²) in [7, 11) is 0. The first kappa shape index (κ1) is 14.7. The molecule has 0 heterocycles. The molecule has 2 rings (SSSR count). The molecule has 0 saturated carbocycles. The lowest BCUT2D eigenvalue weighted by Gasteiger charge is -2.13. The van der Waals surface area contributed by atoms with Crippen molar-refractivity contribution in [3.8, 4) is 0 Å². The van der Waals surface area contributed by atoms with Crippen LogP contribution in [0.1, 0.15) is 43.2 Å². The van der Waals surface area contributed by atoms with Crippen molar-refractivity contribution >= 4 is 5.69 Å². The molecule has 0 spiro atoms. The molecule has 0 unspecified atom stereocenters. The summed E-state index contributed by atoms with van der Waals surface area (Å²) in [4.78, 5) is 10.6. The number of nitro benzene ring substituents is 1. The van der Waals surface area contributed by atoms with Crippen LogP contribution in [0.3, 0.4) is 0 Å². The summed E-state index contributed by atoms with van der Waals surface area (Å²) in [6.45, 7) is 3.40. The van der Waals surface area contributed by atoms with Crippen molar-refractivity contribution in [1.82, 2.24) is 5.32 Å². The molecular weight excluding hydrogens is 252 g/mol. The summed E-state index contributed by atoms with van der Waals surface area (Å²) in [5.74, 6) is 0. The molecule has 1 aromatic carbocycles. The second-order valence-corrected chi connectivity index (χ2v) is 5.41. The highest BCUT2D eigenvalue weighted by Gasteiger charge is 2.10. The molecule has 0 aromatic heterocycles. The molecular formula is C16H22N2O2. The molecule has 108 valence electrons. The van der Waals surface area contributed by atoms with Crippen LogP contribution in [0.2, 0.25) is 0 Å². The van der Waals surface area contributed by atoms with E-state index in [2.05, 4.69) is 11.4 Å². The Morgan fingerprint density at radius 2 is 2.20 bits per heavy atom. The number of allylic oxidation sites excluding steroid dienone is 1. The normalized spacial score (nSPS) is 14.9. The van der Waals surface area contributed by atoms with Gasteiger partial charge in [0.1, 0.15) is 0 Å². The molecule has 0 aliphatic heterocycles. The summed E-state index contributed by atoms with van der Waals surface area (Å²) in [6, 6.07) is 5.44. The fourth-order valence-electron chi connectivity index (χ4n) is 2.58. The van der Waals surface area contributed by atoms with Crippen LogP contribution in [0.4, 0.5) is 5.69 Å². The number of nitro groups is 1. The highest BCUT2D eigenvalue weighted by atomic mass is 16.6. The zero-order chi connectivity index (χ0) is 14.4. The van der Waals surface area contributed by atoms with Crippen molar-refractivity contribution < 1.29 is 4.92 Å². The molecule has 1 aromatic rings. The van der Waals surface area contributed by atoms with E-state index < -0.39 is 0 Å². The van der Waals surface area contributed by atoms with Gasteiger partial charge in [-0.15, -0.1) is 0 Å². The summed E-state index contributed by atoms with van der Waals surface area (Å²) in [6.07, 6.45) is 8.55. The van der Waals surface area contributed by atoms with E-state index in [0.29, 0.717) is 12.1 Å². The van der Waals surface area contributed by atoms with Gasteiger partial charge in [0.2, 0.25) is 0 Å². The third-order valence-corrected chi connectivity index (χ3v) is 3.81. The quantitative estimate of drug-likeness (QED) is 0.370. The maximum Gasteiger partial charge on any atom is 0.272 e. The van der Waals surface area contributed by atoms with Gasteiger partial charge in [0.05, 0.1) is 4.92 Å². The van der Waals surface area contributed by atoms with Crippen molar-refractivity contribution in [2.75, 3.05) is 6.54 Å². The molecule has 20 heavy (non-hydrogen) atoms. The third kappa shape index (κ3) is 4.17. The fourth-order valence-corrected chi connectivity index (χ4v) is 2.58. The first-order valence-electron chi connectivity index (χ1n) is 7.29. The molecule has 0 fully saturated rings. The number of benzene rings is 1. The maximum atomic E-state index is 10.9. The lowest BCUT2D eigenvalue weighted by molar-refractivity contribution is -0.385. The summed E-state index contributed by atoms with van der Waals surface area (Å²) in [5, 5.41) is 14.3. The van der Waals surface area contributed by atoms with Crippen LogP contribution in [0, 0.1) is 17.0 Å². The molecule has 0 radical (unpaired) electrons. The van der Waals surface area contributed by atoms with Gasteiger partial charge in [0, 0.05) is 18.2 Å². The van der Waals surface area contributed by atoms with Gasteiger partial charge in [0.25, 0.3) is 5.69 Å². The van der Waals surface area contributed by atoms with Gasteiger partial charge in [-0.25, -0.2) is 0 Å². The van der Waals surface area contributed by atoms with Crippen molar-refractivity contribution in [2.24, 2.45) is 0 Å². The number of aryl methyl sites for hydroxylation is 1. The Morgan fingerprint density at radius 3 is 2.90 bits per heavy atom. The first-order chi connectivity index (χ1) is 9.66. The van der Waals surface area contributed by atoms with Crippen LogP contribution in [0.5, 0.6) is 0 Å². The van der Waals surface area contributed by atoms with Crippen LogP contribution in [-0.4, -0.2) is 11.5 Å². The number of nitrogens with one attached hydrogen (secondary N) is 1. The average Bonchev–Trinajstić information content (AvgIpc) is 2.46. The van der Waals surface area contributed by atoms with Crippen molar-refractivity contribution in [2.45, 2.75) is 45.6 Å². The second-order valence-electron chi connectivity index (χ2n) is 5.41. The van der Waals surface area contributed by atoms with E-state index in [-0.39, 0.29) is 10.6 Å². The van der Waals surface area contributed by atoms with E-state index in [1.54, 1.807) is 18.6 Å². The molecule has 4 nitrogen and oxygen atoms in total. The van der Waals surface area contributed by atoms with E-state index in [4.69, 9.17) is 0 Å². The van der Waals surface area contributed by atoms with Crippen LogP contribution in [0.15, 0.2) is 29.8 Å². The van der Waals surface area contributed by atoms with Crippen molar-refractivity contribution in [3.05, 3.63) is 51.1 Å². The van der Waals surface area contributed by atoms with Gasteiger partial charge in [0.15, 0.2) is 0 Å². The van der Waals surface area contributed by atoms with Crippen molar-refractivity contribution in [3.63, 3.8) is 0 Å². The molecule has 1 N–H and O–H groups in total. The number of rotatable bonds is 6. The smallest absolute Gasteiger partial charge is 0.272 e. The SMILES string of the molecule is Cc1ccc(CNCCC2=CCCCC2)cc1[N+](=O)[O-]. The van der Waals surface area contributed by atoms with E-state index in [1.165, 1.54) is 25.7 Å². The van der Waals surface area contributed by atoms with Gasteiger partial charge in [-0.2, -0.15) is 0 Å². The molecule has 4 heteroatoms. The van der Waals surface area contributed by atoms with Crippen LogP contribution >= 0.6 is 0 Å². The van der Waals surface area contributed by atoms with Gasteiger partial charge in [-0.05, 0) is 51.1 Å². The maximum absolute atomic E-state index is 10.9. The minimum absolute atomic E-state index is 0.208. The Bertz CT molecular complexity index is 509. The van der Waals surface area contributed by atoms with E-state index in [0.717, 1.165) is 18.5 Å². The topological polar surface area (TPSA) is 55.2 Å². The number of hydrogen-bond donors (Lipinski definition) is 1. The van der Waals surface area contributed by atoms with Crippen LogP contribution < -0.4 is 5.32 Å². The Balaban J connectivity index is 1.80. The predicted octanol–water partition coefficient (Wildman–Crippen LogP) is 3.88. The lowest BCUT2D eigenvalue weighted by atomic mass is 9.97. The third-order valence-electron chi connectivity index (χ3n) is 3.81. The highest BCUT2D eigenvalue weighted by molar-refractivity contribution is 5.42. The minimum Gasteiger partial charge on any atom is -0.312 e. The molecule has 0 bridgehead atoms. The summed E-state index contributed by atoms with van der Waals surface area (Å²) < 4.78 is 0. The molecule has 1 aliphatic carbocycles. The largest absolute Gasteiger partial charge is 0.312 e. The van der Waals surface area contributed by atoms with Crippen LogP contribution in [0.25, 0.3) is 0 Å². The molecule has 1 aliphatic rings. The van der Waals surface area contributed by atoms with E-state index in [1.807, 2.05) is 12.1 Å². The minimum atomic E-state index is -0.314. The number of hydrogen-bond acceptors (Lipinski definition) is 3. The fraction of sp³-hybridized carbons (Fsp3) is 0.500. The average molecular weight is 274 g/mol. The standard InChI is InChI=1S/C16H22N2O2/c1-13-7-8-15(11-16(13)18(19)20)12-17-10-9-14-5-3-2-4-6-14/h5,7-8,11,17H,2-4,6,9-10,12H2,1H3. The van der Waals surface area contributed by atoms with Gasteiger partial charge in [-0.3, -0.25) is 10.1 Å². The number of nitrogens with zero attached hydrogens (tertiary/aromatic N) is 1. The summed E-state index contributed by atoms with van der Waals surface area (Å²) in [5.41, 5.74) is 3.45. The predicted molar refractivity (Wildman–Crippen MR) is 80.7 cm³/mol. The Kier molecular flexibility index (Phi) is 5.30. The zero-order valence-electron chi connectivity index (χ0n) is 12.0. The van der Waals surface area contributed by atoms with Gasteiger partial charge < -0.3 is 5.32 Å². The Labute approximate surface area is 120 Å². The molecule has 0 amide bonds. The lowest BCUT2D eigenvalue weighted by Crippen LogP contribution is -2.15. The van der Waals surface area contributed by atoms with Crippen molar-refractivity contribution in [1.29, 1.82) is 0 Å². The van der Waals surface area contributed by atoms with E-state index in [9.17, 15) is 10.1 Å². The zero-order valence-corrected chi connectivity index (χ0v) is 12.0. The highest BCUT2D eigenvalue weighted by Crippen LogP contribution is 2.20. The van der Waals surface area contributed by atoms with Gasteiger partial charge in [-0.1, -0.05) is 23.8 Å². The molecule has 0 saturated heterocycles. The van der Waals surface area contributed by atoms with Gasteiger partial charge >= 0.3 is 0 Å². The van der Waals surface area contributed by atoms with E-state index >= 15 is 0 Å². The van der Waals surface area contributed by atoms with Crippen LogP contribution in [-0.2, 0) is 6.54 Å². The molecule has 0 atom stereocenters.